The van der Waals surface area contributed by atoms with Gasteiger partial charge in [0.1, 0.15) is 5.75 Å². The normalized spacial score (nSPS) is 25.6. The van der Waals surface area contributed by atoms with Crippen LogP contribution in [-0.4, -0.2) is 34.3 Å². The highest BCUT2D eigenvalue weighted by atomic mass is 16.3. The summed E-state index contributed by atoms with van der Waals surface area (Å²) in [7, 11) is 0. The molecular formula is C15H22N2O3. The first-order valence-electron chi connectivity index (χ1n) is 6.82. The van der Waals surface area contributed by atoms with Gasteiger partial charge in [0.15, 0.2) is 0 Å². The molecule has 1 saturated carbocycles. The topological polar surface area (TPSA) is 95.6 Å². The monoisotopic (exact) mass is 278 g/mol. The number of carbonyl (C=O) groups excluding carboxylic acids is 1. The maximum atomic E-state index is 12.0. The zero-order chi connectivity index (χ0) is 14.9. The lowest BCUT2D eigenvalue weighted by Gasteiger charge is -2.49. The van der Waals surface area contributed by atoms with Crippen molar-refractivity contribution in [2.24, 2.45) is 11.1 Å². The summed E-state index contributed by atoms with van der Waals surface area (Å²) in [6.45, 7) is 3.86. The van der Waals surface area contributed by atoms with Crippen molar-refractivity contribution in [2.75, 3.05) is 0 Å². The highest BCUT2D eigenvalue weighted by Gasteiger charge is 2.48. The minimum Gasteiger partial charge on any atom is -0.508 e. The molecule has 5 heteroatoms. The first kappa shape index (κ1) is 14.8. The van der Waals surface area contributed by atoms with Crippen LogP contribution in [0.15, 0.2) is 24.3 Å². The summed E-state index contributed by atoms with van der Waals surface area (Å²) >= 11 is 0. The van der Waals surface area contributed by atoms with Gasteiger partial charge in [-0.1, -0.05) is 26.0 Å². The van der Waals surface area contributed by atoms with Gasteiger partial charge in [0.05, 0.1) is 12.1 Å². The fourth-order valence-corrected chi connectivity index (χ4v) is 2.40. The third kappa shape index (κ3) is 2.94. The molecule has 110 valence electrons. The van der Waals surface area contributed by atoms with Crippen molar-refractivity contribution in [1.29, 1.82) is 0 Å². The number of phenols is 1. The van der Waals surface area contributed by atoms with Crippen molar-refractivity contribution in [3.63, 3.8) is 0 Å². The molecule has 0 spiro atoms. The van der Waals surface area contributed by atoms with Gasteiger partial charge in [0.2, 0.25) is 5.91 Å². The summed E-state index contributed by atoms with van der Waals surface area (Å²) in [6, 6.07) is 5.99. The predicted molar refractivity (Wildman–Crippen MR) is 76.1 cm³/mol. The standard InChI is InChI=1S/C15H22N2O3/c1-15(2)12(8-13(15)19)17-14(20)11(16)7-9-3-5-10(18)6-4-9/h3-6,11-13,18-19H,7-8,16H2,1-2H3,(H,17,20)/t11-,12?,13?/m0/s1. The number of nitrogens with two attached hydrogens (primary N) is 1. The highest BCUT2D eigenvalue weighted by molar-refractivity contribution is 5.82. The number of aliphatic hydroxyl groups excluding tert-OH is 1. The van der Waals surface area contributed by atoms with Crippen LogP contribution in [0, 0.1) is 5.41 Å². The number of amides is 1. The van der Waals surface area contributed by atoms with Gasteiger partial charge in [-0.3, -0.25) is 4.79 Å². The molecule has 1 aliphatic carbocycles. The number of aromatic hydroxyl groups is 1. The van der Waals surface area contributed by atoms with Gasteiger partial charge < -0.3 is 21.3 Å². The minimum absolute atomic E-state index is 0.0316. The molecule has 20 heavy (non-hydrogen) atoms. The number of aliphatic hydroxyl groups is 1. The van der Waals surface area contributed by atoms with Gasteiger partial charge in [-0.05, 0) is 30.5 Å². The van der Waals surface area contributed by atoms with E-state index in [1.165, 1.54) is 0 Å². The summed E-state index contributed by atoms with van der Waals surface area (Å²) in [5.41, 5.74) is 6.50. The molecule has 5 N–H and O–H groups in total. The molecule has 1 fully saturated rings. The number of hydrogen-bond donors (Lipinski definition) is 4. The van der Waals surface area contributed by atoms with E-state index < -0.39 is 6.04 Å². The first-order valence-corrected chi connectivity index (χ1v) is 6.82. The predicted octanol–water partition coefficient (Wildman–Crippen LogP) is 0.538. The van der Waals surface area contributed by atoms with Gasteiger partial charge in [-0.2, -0.15) is 0 Å². The summed E-state index contributed by atoms with van der Waals surface area (Å²) in [5, 5.41) is 21.8. The number of hydrogen-bond acceptors (Lipinski definition) is 4. The van der Waals surface area contributed by atoms with E-state index in [1.807, 2.05) is 13.8 Å². The Morgan fingerprint density at radius 3 is 2.55 bits per heavy atom. The Balaban J connectivity index is 1.88. The lowest BCUT2D eigenvalue weighted by molar-refractivity contribution is -0.130. The molecule has 0 heterocycles. The molecule has 2 rings (SSSR count). The van der Waals surface area contributed by atoms with Crippen LogP contribution in [0.5, 0.6) is 5.75 Å². The molecule has 1 aromatic carbocycles. The van der Waals surface area contributed by atoms with Gasteiger partial charge in [-0.25, -0.2) is 0 Å². The molecule has 0 bridgehead atoms. The molecular weight excluding hydrogens is 256 g/mol. The first-order chi connectivity index (χ1) is 9.30. The zero-order valence-electron chi connectivity index (χ0n) is 11.8. The van der Waals surface area contributed by atoms with Gasteiger partial charge in [0.25, 0.3) is 0 Å². The van der Waals surface area contributed by atoms with E-state index in [9.17, 15) is 15.0 Å². The number of nitrogens with one attached hydrogen (secondary N) is 1. The molecule has 0 aromatic heterocycles. The SMILES string of the molecule is CC1(C)C(O)CC1NC(=O)[C@@H](N)Cc1ccc(O)cc1. The number of carbonyl (C=O) groups is 1. The van der Waals surface area contributed by atoms with E-state index in [2.05, 4.69) is 5.32 Å². The molecule has 3 atom stereocenters. The molecule has 5 nitrogen and oxygen atoms in total. The Bertz CT molecular complexity index is 484. The summed E-state index contributed by atoms with van der Waals surface area (Å²) in [6.07, 6.45) is 0.619. The molecule has 0 aliphatic heterocycles. The maximum Gasteiger partial charge on any atom is 0.237 e. The Kier molecular flexibility index (Phi) is 4.01. The Labute approximate surface area is 118 Å². The van der Waals surface area contributed by atoms with Crippen molar-refractivity contribution in [2.45, 2.75) is 44.9 Å². The van der Waals surface area contributed by atoms with E-state index in [0.717, 1.165) is 5.56 Å². The van der Waals surface area contributed by atoms with Gasteiger partial charge in [-0.15, -0.1) is 0 Å². The molecule has 2 unspecified atom stereocenters. The van der Waals surface area contributed by atoms with E-state index >= 15 is 0 Å². The van der Waals surface area contributed by atoms with Gasteiger partial charge in [0, 0.05) is 11.5 Å². The fourth-order valence-electron chi connectivity index (χ4n) is 2.40. The van der Waals surface area contributed by atoms with E-state index in [1.54, 1.807) is 24.3 Å². The number of phenolic OH excluding ortho intramolecular Hbond substituents is 1. The highest BCUT2D eigenvalue weighted by Crippen LogP contribution is 2.40. The molecule has 0 radical (unpaired) electrons. The largest absolute Gasteiger partial charge is 0.508 e. The smallest absolute Gasteiger partial charge is 0.237 e. The van der Waals surface area contributed by atoms with Crippen LogP contribution in [0.1, 0.15) is 25.8 Å². The second kappa shape index (κ2) is 5.42. The summed E-state index contributed by atoms with van der Waals surface area (Å²) in [5.74, 6) is -0.0139. The third-order valence-corrected chi connectivity index (χ3v) is 4.26. The van der Waals surface area contributed by atoms with E-state index in [-0.39, 0.29) is 29.2 Å². The van der Waals surface area contributed by atoms with Crippen molar-refractivity contribution < 1.29 is 15.0 Å². The average Bonchev–Trinajstić information content (AvgIpc) is 2.40. The fraction of sp³-hybridized carbons (Fsp3) is 0.533. The minimum atomic E-state index is -0.631. The van der Waals surface area contributed by atoms with Crippen LogP contribution in [0.3, 0.4) is 0 Å². The van der Waals surface area contributed by atoms with E-state index in [0.29, 0.717) is 12.8 Å². The Morgan fingerprint density at radius 2 is 2.05 bits per heavy atom. The Hall–Kier alpha value is -1.59. The van der Waals surface area contributed by atoms with Crippen molar-refractivity contribution in [1.82, 2.24) is 5.32 Å². The maximum absolute atomic E-state index is 12.0. The van der Waals surface area contributed by atoms with Gasteiger partial charge >= 0.3 is 0 Å². The zero-order valence-corrected chi connectivity index (χ0v) is 11.8. The third-order valence-electron chi connectivity index (χ3n) is 4.26. The van der Waals surface area contributed by atoms with Crippen LogP contribution in [0.2, 0.25) is 0 Å². The van der Waals surface area contributed by atoms with Crippen LogP contribution in [-0.2, 0) is 11.2 Å². The summed E-state index contributed by atoms with van der Waals surface area (Å²) in [4.78, 5) is 12.0. The van der Waals surface area contributed by atoms with E-state index in [4.69, 9.17) is 5.73 Å². The number of benzene rings is 1. The molecule has 1 aliphatic rings. The number of rotatable bonds is 4. The van der Waals surface area contributed by atoms with Crippen molar-refractivity contribution >= 4 is 5.91 Å². The molecule has 1 aromatic rings. The average molecular weight is 278 g/mol. The van der Waals surface area contributed by atoms with Crippen molar-refractivity contribution in [3.05, 3.63) is 29.8 Å². The quantitative estimate of drug-likeness (QED) is 0.646. The second-order valence-electron chi connectivity index (χ2n) is 6.11. The summed E-state index contributed by atoms with van der Waals surface area (Å²) < 4.78 is 0. The van der Waals surface area contributed by atoms with Crippen LogP contribution < -0.4 is 11.1 Å². The lowest BCUT2D eigenvalue weighted by atomic mass is 9.64. The van der Waals surface area contributed by atoms with Crippen LogP contribution >= 0.6 is 0 Å². The lowest BCUT2D eigenvalue weighted by Crippen LogP contribution is -2.63. The second-order valence-corrected chi connectivity index (χ2v) is 6.11. The Morgan fingerprint density at radius 1 is 1.45 bits per heavy atom. The molecule has 1 amide bonds. The van der Waals surface area contributed by atoms with Crippen LogP contribution in [0.25, 0.3) is 0 Å². The molecule has 0 saturated heterocycles. The van der Waals surface area contributed by atoms with Crippen LogP contribution in [0.4, 0.5) is 0 Å². The van der Waals surface area contributed by atoms with Crippen molar-refractivity contribution in [3.8, 4) is 5.75 Å².